The van der Waals surface area contributed by atoms with Gasteiger partial charge in [0.25, 0.3) is 5.91 Å². The molecule has 2 N–H and O–H groups in total. The molecule has 2 bridgehead atoms. The van der Waals surface area contributed by atoms with Crippen molar-refractivity contribution in [1.82, 2.24) is 10.6 Å². The number of hydrogen-bond acceptors (Lipinski definition) is 3. The molecule has 1 aromatic carbocycles. The van der Waals surface area contributed by atoms with E-state index in [2.05, 4.69) is 10.6 Å². The molecule has 3 saturated carbocycles. The maximum absolute atomic E-state index is 13.2. The van der Waals surface area contributed by atoms with Gasteiger partial charge < -0.3 is 15.4 Å². The fourth-order valence-electron chi connectivity index (χ4n) is 4.49. The standard InChI is InChI=1S/C17H16ClF3N2O3/c18-10-3-1-9(2-4-10)12(23-13(24)11-5-22-14(25)26-11)15-6-16(7-15,8-15)17(19,20)21/h1-4,11-12H,5-8H2,(H,22,25)(H,23,24)/t11-,12?,15?,16?/m0/s1. The highest BCUT2D eigenvalue weighted by molar-refractivity contribution is 6.30. The zero-order valence-electron chi connectivity index (χ0n) is 13.5. The fraction of sp³-hybridized carbons (Fsp3) is 0.529. The minimum Gasteiger partial charge on any atom is -0.434 e. The maximum Gasteiger partial charge on any atom is 0.408 e. The van der Waals surface area contributed by atoms with Crippen LogP contribution in [0.5, 0.6) is 0 Å². The van der Waals surface area contributed by atoms with Gasteiger partial charge in [0.2, 0.25) is 0 Å². The number of ether oxygens (including phenoxy) is 1. The van der Waals surface area contributed by atoms with E-state index >= 15 is 0 Å². The SMILES string of the molecule is O=C1NC[C@@H](C(=O)NC(c2ccc(Cl)cc2)C23CC(C(F)(F)F)(C2)C3)O1. The zero-order chi connectivity index (χ0) is 18.7. The topological polar surface area (TPSA) is 67.4 Å². The average molecular weight is 389 g/mol. The largest absolute Gasteiger partial charge is 0.434 e. The number of cyclic esters (lactones) is 1. The number of rotatable bonds is 4. The van der Waals surface area contributed by atoms with Gasteiger partial charge in [-0.2, -0.15) is 13.2 Å². The number of amides is 2. The first-order valence-electron chi connectivity index (χ1n) is 8.21. The van der Waals surface area contributed by atoms with Gasteiger partial charge in [0.1, 0.15) is 0 Å². The summed E-state index contributed by atoms with van der Waals surface area (Å²) in [5.74, 6) is -0.519. The number of alkyl halides is 3. The Balaban J connectivity index is 1.55. The van der Waals surface area contributed by atoms with Gasteiger partial charge in [0.15, 0.2) is 6.10 Å². The van der Waals surface area contributed by atoms with E-state index in [0.717, 1.165) is 0 Å². The van der Waals surface area contributed by atoms with E-state index in [-0.39, 0.29) is 25.8 Å². The van der Waals surface area contributed by atoms with E-state index in [1.54, 1.807) is 24.3 Å². The van der Waals surface area contributed by atoms with Crippen molar-refractivity contribution in [2.24, 2.45) is 10.8 Å². The molecule has 1 aliphatic heterocycles. The Morgan fingerprint density at radius 2 is 1.88 bits per heavy atom. The summed E-state index contributed by atoms with van der Waals surface area (Å²) >= 11 is 5.89. The summed E-state index contributed by atoms with van der Waals surface area (Å²) in [4.78, 5) is 23.6. The van der Waals surface area contributed by atoms with Crippen LogP contribution in [0.2, 0.25) is 5.02 Å². The third kappa shape index (κ3) is 2.53. The minimum atomic E-state index is -4.23. The molecule has 140 valence electrons. The molecule has 5 nitrogen and oxygen atoms in total. The Labute approximate surface area is 152 Å². The van der Waals surface area contributed by atoms with Gasteiger partial charge in [-0.3, -0.25) is 4.79 Å². The van der Waals surface area contributed by atoms with Crippen LogP contribution in [0.4, 0.5) is 18.0 Å². The van der Waals surface area contributed by atoms with Crippen LogP contribution < -0.4 is 10.6 Å². The van der Waals surface area contributed by atoms with Gasteiger partial charge >= 0.3 is 12.3 Å². The van der Waals surface area contributed by atoms with Crippen molar-refractivity contribution in [2.45, 2.75) is 37.6 Å². The summed E-state index contributed by atoms with van der Waals surface area (Å²) in [6.07, 6.45) is -5.94. The summed E-state index contributed by atoms with van der Waals surface area (Å²) < 4.78 is 44.4. The molecule has 3 aliphatic carbocycles. The van der Waals surface area contributed by atoms with Gasteiger partial charge in [-0.15, -0.1) is 0 Å². The molecule has 1 saturated heterocycles. The molecular weight excluding hydrogens is 373 g/mol. The lowest BCUT2D eigenvalue weighted by molar-refractivity contribution is -0.370. The van der Waals surface area contributed by atoms with Crippen molar-refractivity contribution in [1.29, 1.82) is 0 Å². The number of alkyl carbamates (subject to hydrolysis) is 1. The van der Waals surface area contributed by atoms with Crippen LogP contribution in [0.15, 0.2) is 24.3 Å². The fourth-order valence-corrected chi connectivity index (χ4v) is 4.61. The van der Waals surface area contributed by atoms with Gasteiger partial charge in [-0.05, 0) is 42.4 Å². The maximum atomic E-state index is 13.2. The molecule has 9 heteroatoms. The second-order valence-electron chi connectivity index (χ2n) is 7.44. The number of hydrogen-bond donors (Lipinski definition) is 2. The van der Waals surface area contributed by atoms with Gasteiger partial charge in [0, 0.05) is 5.02 Å². The number of carbonyl (C=O) groups is 2. The normalized spacial score (nSPS) is 33.4. The van der Waals surface area contributed by atoms with E-state index in [0.29, 0.717) is 10.6 Å². The molecular formula is C17H16ClF3N2O3. The lowest BCUT2D eigenvalue weighted by Crippen LogP contribution is -2.71. The smallest absolute Gasteiger partial charge is 0.408 e. The number of nitrogens with one attached hydrogen (secondary N) is 2. The molecule has 5 rings (SSSR count). The Hall–Kier alpha value is -1.96. The van der Waals surface area contributed by atoms with Crippen molar-refractivity contribution >= 4 is 23.6 Å². The van der Waals surface area contributed by atoms with E-state index in [9.17, 15) is 22.8 Å². The van der Waals surface area contributed by atoms with E-state index in [1.165, 1.54) is 0 Å². The Morgan fingerprint density at radius 3 is 2.38 bits per heavy atom. The zero-order valence-corrected chi connectivity index (χ0v) is 14.3. The third-order valence-corrected chi connectivity index (χ3v) is 6.00. The molecule has 1 aromatic rings. The molecule has 4 fully saturated rings. The quantitative estimate of drug-likeness (QED) is 0.831. The lowest BCUT2D eigenvalue weighted by Gasteiger charge is -2.73. The highest BCUT2D eigenvalue weighted by Crippen LogP contribution is 2.81. The molecule has 26 heavy (non-hydrogen) atoms. The number of benzene rings is 1. The molecule has 2 atom stereocenters. The van der Waals surface area contributed by atoms with Crippen molar-refractivity contribution in [3.05, 3.63) is 34.9 Å². The summed E-state index contributed by atoms with van der Waals surface area (Å²) in [7, 11) is 0. The molecule has 2 amide bonds. The molecule has 0 aromatic heterocycles. The summed E-state index contributed by atoms with van der Waals surface area (Å²) in [6.45, 7) is 0.0392. The van der Waals surface area contributed by atoms with Crippen molar-refractivity contribution in [3.63, 3.8) is 0 Å². The second kappa shape index (κ2) is 5.52. The summed E-state index contributed by atoms with van der Waals surface area (Å²) in [5, 5.41) is 5.68. The van der Waals surface area contributed by atoms with E-state index < -0.39 is 41.2 Å². The first-order valence-corrected chi connectivity index (χ1v) is 8.59. The Kier molecular flexibility index (Phi) is 3.70. The predicted octanol–water partition coefficient (Wildman–Crippen LogP) is 3.34. The summed E-state index contributed by atoms with van der Waals surface area (Å²) in [6, 6.07) is 6.09. The van der Waals surface area contributed by atoms with E-state index in [4.69, 9.17) is 16.3 Å². The number of carbonyl (C=O) groups excluding carboxylic acids is 2. The van der Waals surface area contributed by atoms with Crippen LogP contribution in [0.3, 0.4) is 0 Å². The first kappa shape index (κ1) is 17.5. The van der Waals surface area contributed by atoms with E-state index in [1.807, 2.05) is 0 Å². The predicted molar refractivity (Wildman–Crippen MR) is 85.4 cm³/mol. The number of halogens is 4. The molecule has 0 spiro atoms. The lowest BCUT2D eigenvalue weighted by atomic mass is 9.32. The Morgan fingerprint density at radius 1 is 1.27 bits per heavy atom. The van der Waals surface area contributed by atoms with Crippen LogP contribution in [0, 0.1) is 10.8 Å². The highest BCUT2D eigenvalue weighted by Gasteiger charge is 2.80. The molecule has 1 unspecified atom stereocenters. The Bertz CT molecular complexity index is 746. The molecule has 4 aliphatic rings. The van der Waals surface area contributed by atoms with Crippen molar-refractivity contribution in [3.8, 4) is 0 Å². The highest BCUT2D eigenvalue weighted by atomic mass is 35.5. The van der Waals surface area contributed by atoms with Crippen molar-refractivity contribution < 1.29 is 27.5 Å². The minimum absolute atomic E-state index is 0.0141. The average Bonchev–Trinajstić information content (AvgIpc) is 2.89. The van der Waals surface area contributed by atoms with Crippen LogP contribution in [0.1, 0.15) is 30.9 Å². The van der Waals surface area contributed by atoms with Crippen LogP contribution >= 0.6 is 11.6 Å². The monoisotopic (exact) mass is 388 g/mol. The van der Waals surface area contributed by atoms with Gasteiger partial charge in [0.05, 0.1) is 18.0 Å². The third-order valence-electron chi connectivity index (χ3n) is 5.75. The van der Waals surface area contributed by atoms with Crippen LogP contribution in [-0.2, 0) is 9.53 Å². The van der Waals surface area contributed by atoms with Gasteiger partial charge in [-0.1, -0.05) is 23.7 Å². The molecule has 0 radical (unpaired) electrons. The summed E-state index contributed by atoms with van der Waals surface area (Å²) in [5.41, 5.74) is -1.56. The van der Waals surface area contributed by atoms with Gasteiger partial charge in [-0.25, -0.2) is 4.79 Å². The van der Waals surface area contributed by atoms with Crippen molar-refractivity contribution in [2.75, 3.05) is 6.54 Å². The first-order chi connectivity index (χ1) is 12.1. The second-order valence-corrected chi connectivity index (χ2v) is 7.88. The molecule has 1 heterocycles. The van der Waals surface area contributed by atoms with Crippen LogP contribution in [0.25, 0.3) is 0 Å². The van der Waals surface area contributed by atoms with Crippen LogP contribution in [-0.4, -0.2) is 30.8 Å².